The Kier molecular flexibility index (Phi) is 13.0. The van der Waals surface area contributed by atoms with E-state index in [9.17, 15) is 0 Å². The van der Waals surface area contributed by atoms with Gasteiger partial charge in [0.05, 0.1) is 6.07 Å². The minimum atomic E-state index is 0.603. The van der Waals surface area contributed by atoms with E-state index in [2.05, 4.69) is 89.7 Å². The van der Waals surface area contributed by atoms with Gasteiger partial charge >= 0.3 is 0 Å². The Bertz CT molecular complexity index is 1220. The highest BCUT2D eigenvalue weighted by Gasteiger charge is 2.19. The first kappa shape index (κ1) is 29.8. The number of hydrogen-bond donors (Lipinski definition) is 1. The summed E-state index contributed by atoms with van der Waals surface area (Å²) >= 11 is 0. The summed E-state index contributed by atoms with van der Waals surface area (Å²) in [5.41, 5.74) is 7.06. The third-order valence-corrected chi connectivity index (χ3v) is 6.90. The second-order valence-electron chi connectivity index (χ2n) is 10.2. The van der Waals surface area contributed by atoms with Crippen LogP contribution < -0.4 is 5.32 Å². The molecular formula is C36H43N3. The van der Waals surface area contributed by atoms with Gasteiger partial charge in [0.1, 0.15) is 0 Å². The SMILES string of the molecule is C=C(C)/C=C\C=C/C.N#CC1=CCC=C(C2=CC=C(CNC3CCN(Cc4ccccc4)CC3)CC=C2)C=C1. The van der Waals surface area contributed by atoms with Crippen LogP contribution >= 0.6 is 0 Å². The van der Waals surface area contributed by atoms with Crippen LogP contribution in [0.4, 0.5) is 0 Å². The van der Waals surface area contributed by atoms with Gasteiger partial charge in [0.25, 0.3) is 0 Å². The summed E-state index contributed by atoms with van der Waals surface area (Å²) in [7, 11) is 0. The number of nitriles is 1. The lowest BCUT2D eigenvalue weighted by atomic mass is 10.0. The van der Waals surface area contributed by atoms with Gasteiger partial charge in [0.15, 0.2) is 0 Å². The molecule has 3 heteroatoms. The molecule has 1 aromatic carbocycles. The molecule has 2 aliphatic carbocycles. The van der Waals surface area contributed by atoms with Crippen LogP contribution in [0.3, 0.4) is 0 Å². The molecule has 0 atom stereocenters. The van der Waals surface area contributed by atoms with Crippen molar-refractivity contribution in [3.63, 3.8) is 0 Å². The number of likely N-dealkylation sites (tertiary alicyclic amines) is 1. The highest BCUT2D eigenvalue weighted by atomic mass is 15.1. The maximum absolute atomic E-state index is 9.10. The molecule has 0 aromatic heterocycles. The van der Waals surface area contributed by atoms with Crippen LogP contribution in [0, 0.1) is 11.3 Å². The number of nitrogens with zero attached hydrogens (tertiary/aromatic N) is 2. The molecular weight excluding hydrogens is 474 g/mol. The van der Waals surface area contributed by atoms with Crippen LogP contribution in [-0.4, -0.2) is 30.6 Å². The van der Waals surface area contributed by atoms with E-state index in [4.69, 9.17) is 5.26 Å². The molecule has 39 heavy (non-hydrogen) atoms. The molecule has 1 aromatic rings. The normalized spacial score (nSPS) is 18.3. The Morgan fingerprint density at radius 2 is 1.85 bits per heavy atom. The number of benzene rings is 1. The van der Waals surface area contributed by atoms with Gasteiger partial charge in [-0.25, -0.2) is 0 Å². The molecule has 4 rings (SSSR count). The summed E-state index contributed by atoms with van der Waals surface area (Å²) in [4.78, 5) is 2.57. The summed E-state index contributed by atoms with van der Waals surface area (Å²) in [5.74, 6) is 0. The van der Waals surface area contributed by atoms with E-state index in [1.165, 1.54) is 35.1 Å². The first-order chi connectivity index (χ1) is 19.1. The molecule has 3 nitrogen and oxygen atoms in total. The summed E-state index contributed by atoms with van der Waals surface area (Å²) in [6, 6.07) is 13.6. The quantitative estimate of drug-likeness (QED) is 0.354. The smallest absolute Gasteiger partial charge is 0.0988 e. The molecule has 0 bridgehead atoms. The van der Waals surface area contributed by atoms with Gasteiger partial charge < -0.3 is 5.32 Å². The number of rotatable bonds is 8. The third kappa shape index (κ3) is 11.3. The molecule has 1 heterocycles. The van der Waals surface area contributed by atoms with Gasteiger partial charge in [-0.05, 0) is 75.4 Å². The Hall–Kier alpha value is -3.71. The van der Waals surface area contributed by atoms with Crippen molar-refractivity contribution in [1.29, 1.82) is 5.26 Å². The molecule has 3 aliphatic rings. The van der Waals surface area contributed by atoms with Crippen molar-refractivity contribution in [3.05, 3.63) is 143 Å². The van der Waals surface area contributed by atoms with Crippen molar-refractivity contribution in [2.24, 2.45) is 0 Å². The topological polar surface area (TPSA) is 39.1 Å². The zero-order valence-corrected chi connectivity index (χ0v) is 23.7. The summed E-state index contributed by atoms with van der Waals surface area (Å²) in [5, 5.41) is 12.9. The van der Waals surface area contributed by atoms with Crippen LogP contribution in [0.2, 0.25) is 0 Å². The first-order valence-electron chi connectivity index (χ1n) is 14.1. The minimum absolute atomic E-state index is 0.603. The van der Waals surface area contributed by atoms with Crippen molar-refractivity contribution >= 4 is 0 Å². The van der Waals surface area contributed by atoms with Crippen LogP contribution in [-0.2, 0) is 6.54 Å². The highest BCUT2D eigenvalue weighted by Crippen LogP contribution is 2.22. The van der Waals surface area contributed by atoms with Crippen LogP contribution in [0.25, 0.3) is 0 Å². The zero-order chi connectivity index (χ0) is 27.7. The van der Waals surface area contributed by atoms with E-state index in [0.717, 1.165) is 50.2 Å². The van der Waals surface area contributed by atoms with Crippen LogP contribution in [0.5, 0.6) is 0 Å². The standard InChI is InChI=1S/C28H31N3.C8H12/c29-20-23-8-4-10-26(14-12-23)27-11-5-9-24(13-15-27)21-30-28-16-18-31(19-17-28)22-25-6-2-1-3-7-25;1-4-5-6-7-8(2)3/h1-3,5-8,10-15,28,30H,4,9,16-19,21-22H2;4-7H,2H2,1,3H3/b;5-4-,7-6-. The molecule has 0 unspecified atom stereocenters. The average Bonchev–Trinajstić information content (AvgIpc) is 3.34. The Morgan fingerprint density at radius 1 is 1.05 bits per heavy atom. The number of hydrogen-bond acceptors (Lipinski definition) is 3. The van der Waals surface area contributed by atoms with Gasteiger partial charge in [0.2, 0.25) is 0 Å². The second kappa shape index (κ2) is 17.0. The molecule has 1 saturated heterocycles. The number of nitrogens with one attached hydrogen (secondary N) is 1. The predicted octanol–water partition coefficient (Wildman–Crippen LogP) is 8.08. The molecule has 202 valence electrons. The lowest BCUT2D eigenvalue weighted by Crippen LogP contribution is -2.42. The molecule has 0 saturated carbocycles. The molecule has 1 fully saturated rings. The van der Waals surface area contributed by atoms with E-state index in [0.29, 0.717) is 6.04 Å². The van der Waals surface area contributed by atoms with Gasteiger partial charge in [-0.15, -0.1) is 0 Å². The lowest BCUT2D eigenvalue weighted by Gasteiger charge is -2.32. The van der Waals surface area contributed by atoms with Gasteiger partial charge in [-0.2, -0.15) is 5.26 Å². The minimum Gasteiger partial charge on any atom is -0.310 e. The molecule has 1 aliphatic heterocycles. The Labute approximate surface area is 236 Å². The molecule has 0 spiro atoms. The maximum atomic E-state index is 9.10. The van der Waals surface area contributed by atoms with Crippen molar-refractivity contribution in [1.82, 2.24) is 10.2 Å². The second-order valence-corrected chi connectivity index (χ2v) is 10.2. The summed E-state index contributed by atoms with van der Waals surface area (Å²) < 4.78 is 0. The average molecular weight is 518 g/mol. The van der Waals surface area contributed by atoms with Crippen molar-refractivity contribution in [3.8, 4) is 6.07 Å². The predicted molar refractivity (Wildman–Crippen MR) is 167 cm³/mol. The fraction of sp³-hybridized carbons (Fsp3) is 0.306. The van der Waals surface area contributed by atoms with E-state index in [1.807, 2.05) is 50.3 Å². The van der Waals surface area contributed by atoms with Gasteiger partial charge in [0, 0.05) is 24.7 Å². The Morgan fingerprint density at radius 3 is 2.56 bits per heavy atom. The monoisotopic (exact) mass is 517 g/mol. The van der Waals surface area contributed by atoms with Gasteiger partial charge in [-0.1, -0.05) is 115 Å². The van der Waals surface area contributed by atoms with Crippen molar-refractivity contribution < 1.29 is 0 Å². The number of allylic oxidation sites excluding steroid dienone is 16. The molecule has 1 N–H and O–H groups in total. The summed E-state index contributed by atoms with van der Waals surface area (Å²) in [6.45, 7) is 12.0. The van der Waals surface area contributed by atoms with Crippen LogP contribution in [0.15, 0.2) is 138 Å². The van der Waals surface area contributed by atoms with E-state index < -0.39 is 0 Å². The van der Waals surface area contributed by atoms with E-state index >= 15 is 0 Å². The molecule has 0 radical (unpaired) electrons. The Balaban J connectivity index is 0.000000459. The summed E-state index contributed by atoms with van der Waals surface area (Å²) in [6.07, 6.45) is 29.2. The van der Waals surface area contributed by atoms with Gasteiger partial charge in [-0.3, -0.25) is 4.90 Å². The largest absolute Gasteiger partial charge is 0.310 e. The van der Waals surface area contributed by atoms with Crippen molar-refractivity contribution in [2.45, 2.75) is 52.1 Å². The fourth-order valence-electron chi connectivity index (χ4n) is 4.66. The highest BCUT2D eigenvalue weighted by molar-refractivity contribution is 5.53. The zero-order valence-electron chi connectivity index (χ0n) is 23.7. The third-order valence-electron chi connectivity index (χ3n) is 6.90. The number of piperidine rings is 1. The molecule has 0 amide bonds. The van der Waals surface area contributed by atoms with E-state index in [-0.39, 0.29) is 0 Å². The van der Waals surface area contributed by atoms with E-state index in [1.54, 1.807) is 0 Å². The van der Waals surface area contributed by atoms with Crippen LogP contribution in [0.1, 0.15) is 45.1 Å². The fourth-order valence-corrected chi connectivity index (χ4v) is 4.66. The lowest BCUT2D eigenvalue weighted by molar-refractivity contribution is 0.192. The maximum Gasteiger partial charge on any atom is 0.0988 e. The first-order valence-corrected chi connectivity index (χ1v) is 14.1. The van der Waals surface area contributed by atoms with Crippen molar-refractivity contribution in [2.75, 3.05) is 19.6 Å².